The lowest BCUT2D eigenvalue weighted by Crippen LogP contribution is -2.49. The number of rotatable bonds is 5. The standard InChI is InChI=1S/C13H24N2O2/c1-9(2)12(14)13(16)15(11-3-4-11)7-10-5-6-17-8-10/h9-12H,3-8,14H2,1-2H3/t10?,12-/m1/s1. The number of carbonyl (C=O) groups is 1. The number of ether oxygens (including phenoxy) is 1. The van der Waals surface area contributed by atoms with Crippen molar-refractivity contribution < 1.29 is 9.53 Å². The summed E-state index contributed by atoms with van der Waals surface area (Å²) in [4.78, 5) is 14.3. The molecule has 2 N–H and O–H groups in total. The van der Waals surface area contributed by atoms with Crippen molar-refractivity contribution in [2.45, 2.75) is 45.2 Å². The van der Waals surface area contributed by atoms with Gasteiger partial charge in [0.25, 0.3) is 0 Å². The van der Waals surface area contributed by atoms with E-state index in [1.165, 1.54) is 0 Å². The maximum Gasteiger partial charge on any atom is 0.240 e. The van der Waals surface area contributed by atoms with Gasteiger partial charge < -0.3 is 15.4 Å². The molecule has 17 heavy (non-hydrogen) atoms. The molecule has 4 nitrogen and oxygen atoms in total. The molecule has 0 bridgehead atoms. The van der Waals surface area contributed by atoms with Crippen molar-refractivity contribution in [3.63, 3.8) is 0 Å². The largest absolute Gasteiger partial charge is 0.381 e. The van der Waals surface area contributed by atoms with Gasteiger partial charge in [0.15, 0.2) is 0 Å². The Morgan fingerprint density at radius 3 is 2.59 bits per heavy atom. The third-order valence-electron chi connectivity index (χ3n) is 3.75. The SMILES string of the molecule is CC(C)[C@@H](N)C(=O)N(CC1CCOC1)C1CC1. The summed E-state index contributed by atoms with van der Waals surface area (Å²) in [7, 11) is 0. The molecule has 2 fully saturated rings. The van der Waals surface area contributed by atoms with Crippen molar-refractivity contribution >= 4 is 5.91 Å². The van der Waals surface area contributed by atoms with E-state index in [4.69, 9.17) is 10.5 Å². The fraction of sp³-hybridized carbons (Fsp3) is 0.923. The molecule has 1 aliphatic carbocycles. The summed E-state index contributed by atoms with van der Waals surface area (Å²) in [6.07, 6.45) is 3.36. The van der Waals surface area contributed by atoms with Crippen LogP contribution in [0, 0.1) is 11.8 Å². The lowest BCUT2D eigenvalue weighted by molar-refractivity contribution is -0.134. The zero-order valence-corrected chi connectivity index (χ0v) is 10.9. The number of hydrogen-bond acceptors (Lipinski definition) is 3. The van der Waals surface area contributed by atoms with Gasteiger partial charge in [0, 0.05) is 25.1 Å². The topological polar surface area (TPSA) is 55.6 Å². The summed E-state index contributed by atoms with van der Waals surface area (Å²) in [5, 5.41) is 0. The van der Waals surface area contributed by atoms with Crippen LogP contribution in [0.4, 0.5) is 0 Å². The summed E-state index contributed by atoms with van der Waals surface area (Å²) >= 11 is 0. The summed E-state index contributed by atoms with van der Waals surface area (Å²) in [6, 6.07) is 0.103. The van der Waals surface area contributed by atoms with Gasteiger partial charge in [0.2, 0.25) is 5.91 Å². The summed E-state index contributed by atoms with van der Waals surface area (Å²) in [5.41, 5.74) is 5.98. The molecule has 0 aromatic carbocycles. The van der Waals surface area contributed by atoms with Crippen LogP contribution in [0.3, 0.4) is 0 Å². The quantitative estimate of drug-likeness (QED) is 0.780. The Balaban J connectivity index is 1.93. The van der Waals surface area contributed by atoms with Crippen molar-refractivity contribution in [3.8, 4) is 0 Å². The van der Waals surface area contributed by atoms with Gasteiger partial charge in [-0.05, 0) is 25.2 Å². The second kappa shape index (κ2) is 5.36. The zero-order valence-electron chi connectivity index (χ0n) is 10.9. The average molecular weight is 240 g/mol. The van der Waals surface area contributed by atoms with E-state index in [2.05, 4.69) is 0 Å². The minimum absolute atomic E-state index is 0.134. The molecule has 4 heteroatoms. The van der Waals surface area contributed by atoms with E-state index in [1.54, 1.807) is 0 Å². The molecule has 0 spiro atoms. The summed E-state index contributed by atoms with van der Waals surface area (Å²) < 4.78 is 5.38. The molecule has 1 heterocycles. The third-order valence-corrected chi connectivity index (χ3v) is 3.75. The Morgan fingerprint density at radius 2 is 2.12 bits per heavy atom. The van der Waals surface area contributed by atoms with Gasteiger partial charge in [0.1, 0.15) is 0 Å². The Hall–Kier alpha value is -0.610. The van der Waals surface area contributed by atoms with Crippen LogP contribution < -0.4 is 5.73 Å². The molecule has 1 amide bonds. The van der Waals surface area contributed by atoms with Gasteiger partial charge in [-0.1, -0.05) is 13.8 Å². The van der Waals surface area contributed by atoms with E-state index < -0.39 is 0 Å². The fourth-order valence-corrected chi connectivity index (χ4v) is 2.29. The van der Waals surface area contributed by atoms with E-state index in [-0.39, 0.29) is 17.9 Å². The summed E-state index contributed by atoms with van der Waals surface area (Å²) in [6.45, 7) is 6.49. The lowest BCUT2D eigenvalue weighted by atomic mass is 10.0. The first-order valence-electron chi connectivity index (χ1n) is 6.73. The summed E-state index contributed by atoms with van der Waals surface area (Å²) in [5.74, 6) is 0.858. The number of carbonyl (C=O) groups excluding carboxylic acids is 1. The predicted molar refractivity (Wildman–Crippen MR) is 66.5 cm³/mol. The minimum Gasteiger partial charge on any atom is -0.381 e. The van der Waals surface area contributed by atoms with Gasteiger partial charge in [-0.2, -0.15) is 0 Å². The van der Waals surface area contributed by atoms with Gasteiger partial charge in [-0.25, -0.2) is 0 Å². The fourth-order valence-electron chi connectivity index (χ4n) is 2.29. The van der Waals surface area contributed by atoms with E-state index in [1.807, 2.05) is 18.7 Å². The van der Waals surface area contributed by atoms with Crippen LogP contribution in [0.1, 0.15) is 33.1 Å². The van der Waals surface area contributed by atoms with Crippen molar-refractivity contribution in [2.24, 2.45) is 17.6 Å². The number of nitrogens with zero attached hydrogens (tertiary/aromatic N) is 1. The Morgan fingerprint density at radius 1 is 1.41 bits per heavy atom. The van der Waals surface area contributed by atoms with Crippen LogP contribution >= 0.6 is 0 Å². The molecule has 0 aromatic heterocycles. The molecule has 0 radical (unpaired) electrons. The third kappa shape index (κ3) is 3.19. The van der Waals surface area contributed by atoms with E-state index in [0.717, 1.165) is 39.0 Å². The van der Waals surface area contributed by atoms with Crippen molar-refractivity contribution in [2.75, 3.05) is 19.8 Å². The monoisotopic (exact) mass is 240 g/mol. The van der Waals surface area contributed by atoms with Crippen LogP contribution in [0.15, 0.2) is 0 Å². The highest BCUT2D eigenvalue weighted by Crippen LogP contribution is 2.29. The molecule has 2 rings (SSSR count). The predicted octanol–water partition coefficient (Wildman–Crippen LogP) is 0.997. The Kier molecular flexibility index (Phi) is 4.05. The number of nitrogens with two attached hydrogens (primary N) is 1. The van der Waals surface area contributed by atoms with Crippen LogP contribution in [-0.2, 0) is 9.53 Å². The Labute approximate surface area is 103 Å². The normalized spacial score (nSPS) is 26.2. The maximum atomic E-state index is 12.3. The number of hydrogen-bond donors (Lipinski definition) is 1. The minimum atomic E-state index is -0.349. The molecule has 2 atom stereocenters. The lowest BCUT2D eigenvalue weighted by Gasteiger charge is -2.29. The molecule has 1 saturated heterocycles. The van der Waals surface area contributed by atoms with Gasteiger partial charge in [0.05, 0.1) is 12.6 Å². The zero-order chi connectivity index (χ0) is 12.4. The molecule has 1 saturated carbocycles. The van der Waals surface area contributed by atoms with Crippen LogP contribution in [0.25, 0.3) is 0 Å². The van der Waals surface area contributed by atoms with Gasteiger partial charge in [-0.3, -0.25) is 4.79 Å². The maximum absolute atomic E-state index is 12.3. The molecular formula is C13H24N2O2. The highest BCUT2D eigenvalue weighted by atomic mass is 16.5. The molecule has 1 unspecified atom stereocenters. The number of amides is 1. The van der Waals surface area contributed by atoms with Crippen LogP contribution in [0.2, 0.25) is 0 Å². The first-order valence-corrected chi connectivity index (χ1v) is 6.73. The van der Waals surface area contributed by atoms with Crippen molar-refractivity contribution in [3.05, 3.63) is 0 Å². The first kappa shape index (κ1) is 12.8. The van der Waals surface area contributed by atoms with Crippen molar-refractivity contribution in [1.29, 1.82) is 0 Å². The van der Waals surface area contributed by atoms with E-state index in [0.29, 0.717) is 12.0 Å². The molecule has 98 valence electrons. The second-order valence-corrected chi connectivity index (χ2v) is 5.72. The van der Waals surface area contributed by atoms with Gasteiger partial charge >= 0.3 is 0 Å². The second-order valence-electron chi connectivity index (χ2n) is 5.72. The average Bonchev–Trinajstić information content (AvgIpc) is 3.01. The molecule has 0 aromatic rings. The van der Waals surface area contributed by atoms with Crippen LogP contribution in [-0.4, -0.2) is 42.6 Å². The molecule has 1 aliphatic heterocycles. The smallest absolute Gasteiger partial charge is 0.240 e. The van der Waals surface area contributed by atoms with Crippen molar-refractivity contribution in [1.82, 2.24) is 4.90 Å². The van der Waals surface area contributed by atoms with E-state index in [9.17, 15) is 4.79 Å². The highest BCUT2D eigenvalue weighted by molar-refractivity contribution is 5.82. The first-order chi connectivity index (χ1) is 8.09. The molecule has 2 aliphatic rings. The molecular weight excluding hydrogens is 216 g/mol. The highest BCUT2D eigenvalue weighted by Gasteiger charge is 2.37. The van der Waals surface area contributed by atoms with Crippen LogP contribution in [0.5, 0.6) is 0 Å². The Bertz CT molecular complexity index is 271. The van der Waals surface area contributed by atoms with Gasteiger partial charge in [-0.15, -0.1) is 0 Å². The van der Waals surface area contributed by atoms with E-state index >= 15 is 0 Å².